The Morgan fingerprint density at radius 3 is 2.22 bits per heavy atom. The van der Waals surface area contributed by atoms with Crippen LogP contribution in [0.1, 0.15) is 159 Å². The molecule has 5 rings (SSSR count). The molecule has 3 aromatic rings. The van der Waals surface area contributed by atoms with Crippen LogP contribution in [-0.4, -0.2) is 56.5 Å². The first kappa shape index (κ1) is 40.2. The Hall–Kier alpha value is -4.99. The second kappa shape index (κ2) is 17.9. The molecule has 4 N–H and O–H groups in total. The van der Waals surface area contributed by atoms with E-state index in [1.807, 2.05) is 39.0 Å². The number of carboxylic acid groups (broad SMARTS) is 1. The van der Waals surface area contributed by atoms with Crippen LogP contribution in [-0.2, 0) is 20.7 Å². The maximum atomic E-state index is 14.2. The van der Waals surface area contributed by atoms with E-state index >= 15 is 0 Å². The molecule has 1 amide bonds. The molecule has 2 aliphatic heterocycles. The lowest BCUT2D eigenvalue weighted by atomic mass is 9.85. The van der Waals surface area contributed by atoms with Crippen LogP contribution in [0.25, 0.3) is 39.3 Å². The number of nitrogens with one attached hydrogen (secondary N) is 3. The number of aromatic carboxylic acids is 1. The topological polar surface area (TPSA) is 150 Å². The zero-order chi connectivity index (χ0) is 39.1. The van der Waals surface area contributed by atoms with Crippen molar-refractivity contribution in [3.8, 4) is 0 Å². The molecule has 54 heavy (non-hydrogen) atoms. The molecular formula is C44H57N5O5. The number of unbranched alkanes of at least 4 members (excludes halogenated alkanes) is 7. The van der Waals surface area contributed by atoms with Crippen LogP contribution in [0.5, 0.6) is 0 Å². The molecule has 0 radical (unpaired) electrons. The highest BCUT2D eigenvalue weighted by atomic mass is 16.5. The van der Waals surface area contributed by atoms with E-state index in [0.29, 0.717) is 35.6 Å². The molecule has 3 aromatic heterocycles. The number of amides is 1. The minimum Gasteiger partial charge on any atom is -0.478 e. The van der Waals surface area contributed by atoms with Gasteiger partial charge in [0, 0.05) is 58.1 Å². The number of ether oxygens (including phenoxy) is 1. The van der Waals surface area contributed by atoms with Gasteiger partial charge in [-0.1, -0.05) is 78.4 Å². The Bertz CT molecular complexity index is 2120. The minimum atomic E-state index is -1.23. The second-order valence-corrected chi connectivity index (χ2v) is 14.7. The summed E-state index contributed by atoms with van der Waals surface area (Å²) in [5.41, 5.74) is 9.87. The predicted octanol–water partition coefficient (Wildman–Crippen LogP) is 9.86. The van der Waals surface area contributed by atoms with E-state index in [2.05, 4.69) is 48.7 Å². The van der Waals surface area contributed by atoms with Crippen LogP contribution in [0.3, 0.4) is 0 Å². The van der Waals surface area contributed by atoms with Crippen molar-refractivity contribution in [2.75, 3.05) is 13.7 Å². The summed E-state index contributed by atoms with van der Waals surface area (Å²) in [5.74, 6) is -2.69. The Kier molecular flexibility index (Phi) is 13.3. The van der Waals surface area contributed by atoms with E-state index in [4.69, 9.17) is 14.7 Å². The molecular weight excluding hydrogens is 679 g/mol. The van der Waals surface area contributed by atoms with Gasteiger partial charge in [-0.15, -0.1) is 0 Å². The standard InChI is InChI=1S/C44H57N5O5/c1-9-12-13-14-15-16-17-18-21-45-43(51)39-28(7)35-24-37-30(11-3)26(5)33(47-37)23-36-29(10-2)25(4)32(46-36)22-34-27(6)31(19-20-38(50)54-8)41(48-34)40(44(52)53)42(39)49-35/h10,22-24,27,31,46-47H,2,9,11-21H2,1,3-8H3,(H,45,51)(H,52,53)/t27-,31-/m0/s1. The molecule has 0 aromatic carbocycles. The zero-order valence-electron chi connectivity index (χ0n) is 33.1. The number of methoxy groups -OCH3 is 1. The maximum Gasteiger partial charge on any atom is 0.339 e. The third kappa shape index (κ3) is 8.37. The molecule has 0 unspecified atom stereocenters. The van der Waals surface area contributed by atoms with Crippen molar-refractivity contribution in [1.29, 1.82) is 0 Å². The summed E-state index contributed by atoms with van der Waals surface area (Å²) >= 11 is 0. The number of rotatable bonds is 16. The van der Waals surface area contributed by atoms with Gasteiger partial charge in [0.25, 0.3) is 5.91 Å². The summed E-state index contributed by atoms with van der Waals surface area (Å²) in [5, 5.41) is 14.1. The number of aryl methyl sites for hydroxylation is 3. The highest BCUT2D eigenvalue weighted by Gasteiger charge is 2.37. The first-order chi connectivity index (χ1) is 25.9. The first-order valence-corrected chi connectivity index (χ1v) is 19.6. The Labute approximate surface area is 319 Å². The molecule has 5 heterocycles. The lowest BCUT2D eigenvalue weighted by molar-refractivity contribution is -0.140. The number of carboxylic acids is 1. The number of H-pyrrole nitrogens is 2. The fourth-order valence-electron chi connectivity index (χ4n) is 7.99. The highest BCUT2D eigenvalue weighted by molar-refractivity contribution is 6.28. The number of hydrogen-bond acceptors (Lipinski definition) is 6. The fourth-order valence-corrected chi connectivity index (χ4v) is 7.99. The average Bonchev–Trinajstić information content (AvgIpc) is 3.82. The molecule has 2 atom stereocenters. The third-order valence-corrected chi connectivity index (χ3v) is 11.3. The highest BCUT2D eigenvalue weighted by Crippen LogP contribution is 2.43. The Morgan fingerprint density at radius 2 is 1.57 bits per heavy atom. The van der Waals surface area contributed by atoms with Crippen molar-refractivity contribution < 1.29 is 24.2 Å². The molecule has 0 saturated heterocycles. The number of carbonyl (C=O) groups excluding carboxylic acids is 2. The van der Waals surface area contributed by atoms with Crippen LogP contribution < -0.4 is 5.32 Å². The SMILES string of the molecule is C=Cc1c(C)c2cc3nc(c(C(=O)O)c4nc(cc5[nH]c(cc1[nH]2)c(C)c5CC)C(C)=C4C(=O)NCCCCCCCCCC)[C@@H](CCC(=O)OC)[C@@H]3C. The van der Waals surface area contributed by atoms with E-state index in [-0.39, 0.29) is 35.1 Å². The quantitative estimate of drug-likeness (QED) is 0.0845. The number of fused-ring (bicyclic) bond motifs is 8. The molecule has 0 spiro atoms. The summed E-state index contributed by atoms with van der Waals surface area (Å²) in [7, 11) is 1.34. The molecule has 8 bridgehead atoms. The number of esters is 1. The van der Waals surface area contributed by atoms with E-state index in [0.717, 1.165) is 70.0 Å². The van der Waals surface area contributed by atoms with Crippen LogP contribution in [0.15, 0.2) is 24.8 Å². The summed E-state index contributed by atoms with van der Waals surface area (Å²) < 4.78 is 4.97. The number of nitrogens with zero attached hydrogens (tertiary/aromatic N) is 2. The van der Waals surface area contributed by atoms with Gasteiger partial charge in [-0.3, -0.25) is 14.6 Å². The van der Waals surface area contributed by atoms with Gasteiger partial charge >= 0.3 is 11.9 Å². The van der Waals surface area contributed by atoms with Gasteiger partial charge in [-0.2, -0.15) is 0 Å². The molecule has 0 aliphatic carbocycles. The Morgan fingerprint density at radius 1 is 0.907 bits per heavy atom. The van der Waals surface area contributed by atoms with E-state index < -0.39 is 17.9 Å². The van der Waals surface area contributed by atoms with Crippen molar-refractivity contribution in [3.63, 3.8) is 0 Å². The average molecular weight is 736 g/mol. The lowest BCUT2D eigenvalue weighted by Crippen LogP contribution is -2.26. The molecule has 10 nitrogen and oxygen atoms in total. The van der Waals surface area contributed by atoms with Gasteiger partial charge in [-0.25, -0.2) is 9.78 Å². The monoisotopic (exact) mass is 735 g/mol. The normalized spacial score (nSPS) is 15.4. The van der Waals surface area contributed by atoms with E-state index in [9.17, 15) is 19.5 Å². The molecule has 10 heteroatoms. The van der Waals surface area contributed by atoms with Crippen molar-refractivity contribution in [3.05, 3.63) is 75.4 Å². The van der Waals surface area contributed by atoms with E-state index in [1.54, 1.807) is 0 Å². The van der Waals surface area contributed by atoms with Gasteiger partial charge in [-0.05, 0) is 80.5 Å². The summed E-state index contributed by atoms with van der Waals surface area (Å²) in [4.78, 5) is 57.2. The van der Waals surface area contributed by atoms with Crippen molar-refractivity contribution >= 4 is 57.1 Å². The van der Waals surface area contributed by atoms with Gasteiger partial charge < -0.3 is 25.1 Å². The number of aromatic nitrogens is 4. The lowest BCUT2D eigenvalue weighted by Gasteiger charge is -2.17. The van der Waals surface area contributed by atoms with Gasteiger partial charge in [0.2, 0.25) is 0 Å². The Balaban J connectivity index is 1.75. The fraction of sp³-hybridized carbons (Fsp3) is 0.477. The van der Waals surface area contributed by atoms with Crippen LogP contribution in [0.2, 0.25) is 0 Å². The number of carbonyl (C=O) groups is 3. The zero-order valence-corrected chi connectivity index (χ0v) is 33.1. The summed E-state index contributed by atoms with van der Waals surface area (Å²) in [6.45, 7) is 16.8. The van der Waals surface area contributed by atoms with Crippen molar-refractivity contribution in [1.82, 2.24) is 25.3 Å². The van der Waals surface area contributed by atoms with Crippen LogP contribution in [0.4, 0.5) is 0 Å². The van der Waals surface area contributed by atoms with Gasteiger partial charge in [0.1, 0.15) is 5.56 Å². The predicted molar refractivity (Wildman–Crippen MR) is 217 cm³/mol. The second-order valence-electron chi connectivity index (χ2n) is 14.7. The minimum absolute atomic E-state index is 0.0818. The first-order valence-electron chi connectivity index (χ1n) is 19.6. The van der Waals surface area contributed by atoms with Crippen molar-refractivity contribution in [2.24, 2.45) is 0 Å². The van der Waals surface area contributed by atoms with E-state index in [1.165, 1.54) is 39.2 Å². The van der Waals surface area contributed by atoms with Crippen LogP contribution >= 0.6 is 0 Å². The molecule has 0 fully saturated rings. The van der Waals surface area contributed by atoms with Gasteiger partial charge in [0.05, 0.1) is 29.8 Å². The molecule has 0 saturated carbocycles. The summed E-state index contributed by atoms with van der Waals surface area (Å²) in [6.07, 6.45) is 12.1. The number of aromatic amines is 2. The smallest absolute Gasteiger partial charge is 0.339 e. The third-order valence-electron chi connectivity index (χ3n) is 11.3. The largest absolute Gasteiger partial charge is 0.478 e. The summed E-state index contributed by atoms with van der Waals surface area (Å²) in [6, 6.07) is 5.97. The van der Waals surface area contributed by atoms with Crippen LogP contribution in [0, 0.1) is 13.8 Å². The van der Waals surface area contributed by atoms with Crippen molar-refractivity contribution in [2.45, 2.75) is 124 Å². The maximum absolute atomic E-state index is 14.2. The molecule has 288 valence electrons. The molecule has 2 aliphatic rings. The number of hydrogen-bond donors (Lipinski definition) is 4. The number of allylic oxidation sites excluding steroid dienone is 1. The van der Waals surface area contributed by atoms with Gasteiger partial charge in [0.15, 0.2) is 0 Å².